The van der Waals surface area contributed by atoms with Crippen LogP contribution in [-0.4, -0.2) is 33.2 Å². The predicted molar refractivity (Wildman–Crippen MR) is 53.1 cm³/mol. The van der Waals surface area contributed by atoms with E-state index in [2.05, 4.69) is 10.0 Å². The van der Waals surface area contributed by atoms with Crippen molar-refractivity contribution in [1.82, 2.24) is 10.0 Å². The molecule has 0 saturated carbocycles. The van der Waals surface area contributed by atoms with Crippen LogP contribution in [0.1, 0.15) is 13.8 Å². The highest BCUT2D eigenvalue weighted by Gasteiger charge is 2.31. The molecule has 0 spiro atoms. The number of sulfonamides is 1. The van der Waals surface area contributed by atoms with Crippen molar-refractivity contribution in [3.05, 3.63) is 0 Å². The minimum absolute atomic E-state index is 0.0622. The summed E-state index contributed by atoms with van der Waals surface area (Å²) in [5.41, 5.74) is 0. The molecule has 0 radical (unpaired) electrons. The first-order chi connectivity index (χ1) is 6.46. The van der Waals surface area contributed by atoms with Gasteiger partial charge in [0.05, 0.1) is 11.7 Å². The van der Waals surface area contributed by atoms with Crippen LogP contribution < -0.4 is 10.0 Å². The van der Waals surface area contributed by atoms with E-state index >= 15 is 0 Å². The van der Waals surface area contributed by atoms with Gasteiger partial charge in [-0.05, 0) is 19.4 Å². The number of amides is 1. The molecule has 5 nitrogen and oxygen atoms in total. The van der Waals surface area contributed by atoms with Gasteiger partial charge in [-0.15, -0.1) is 0 Å². The van der Waals surface area contributed by atoms with Gasteiger partial charge in [-0.1, -0.05) is 6.92 Å². The fourth-order valence-corrected chi connectivity index (χ4v) is 2.06. The summed E-state index contributed by atoms with van der Waals surface area (Å²) in [6, 6.07) is 0. The van der Waals surface area contributed by atoms with Gasteiger partial charge in [0.1, 0.15) is 0 Å². The van der Waals surface area contributed by atoms with E-state index in [1.807, 2.05) is 6.92 Å². The Hall–Kier alpha value is -0.620. The molecule has 0 aliphatic carbocycles. The van der Waals surface area contributed by atoms with Gasteiger partial charge in [-0.25, -0.2) is 8.42 Å². The average Bonchev–Trinajstić information content (AvgIpc) is 2.51. The summed E-state index contributed by atoms with van der Waals surface area (Å²) >= 11 is 0. The van der Waals surface area contributed by atoms with Gasteiger partial charge in [-0.3, -0.25) is 9.52 Å². The lowest BCUT2D eigenvalue weighted by atomic mass is 9.98. The van der Waals surface area contributed by atoms with E-state index in [4.69, 9.17) is 0 Å². The van der Waals surface area contributed by atoms with E-state index in [1.54, 1.807) is 0 Å². The summed E-state index contributed by atoms with van der Waals surface area (Å²) in [5.74, 6) is -0.476. The molecule has 1 rings (SSSR count). The Morgan fingerprint density at radius 2 is 2.14 bits per heavy atom. The van der Waals surface area contributed by atoms with E-state index in [0.29, 0.717) is 6.54 Å². The second-order valence-corrected chi connectivity index (χ2v) is 5.62. The molecule has 2 unspecified atom stereocenters. The third kappa shape index (κ3) is 2.68. The van der Waals surface area contributed by atoms with Gasteiger partial charge in [0.15, 0.2) is 0 Å². The molecule has 0 bridgehead atoms. The van der Waals surface area contributed by atoms with Gasteiger partial charge in [-0.2, -0.15) is 0 Å². The van der Waals surface area contributed by atoms with Crippen molar-refractivity contribution in [2.75, 3.05) is 18.8 Å². The van der Waals surface area contributed by atoms with Gasteiger partial charge >= 0.3 is 0 Å². The smallest absolute Gasteiger partial charge is 0.238 e. The lowest BCUT2D eigenvalue weighted by Gasteiger charge is -2.13. The zero-order valence-corrected chi connectivity index (χ0v) is 9.23. The Bertz CT molecular complexity index is 313. The molecule has 1 aliphatic rings. The number of carbonyl (C=O) groups is 1. The van der Waals surface area contributed by atoms with Crippen molar-refractivity contribution < 1.29 is 13.2 Å². The number of hydrogen-bond donors (Lipinski definition) is 2. The number of rotatable bonds is 3. The topological polar surface area (TPSA) is 75.3 Å². The maximum absolute atomic E-state index is 11.5. The monoisotopic (exact) mass is 220 g/mol. The summed E-state index contributed by atoms with van der Waals surface area (Å²) in [5, 5.41) is 3.05. The van der Waals surface area contributed by atoms with Crippen LogP contribution in [0.5, 0.6) is 0 Å². The molecule has 2 N–H and O–H groups in total. The molecule has 1 fully saturated rings. The van der Waals surface area contributed by atoms with Crippen LogP contribution in [0, 0.1) is 11.8 Å². The molecule has 0 aromatic heterocycles. The minimum atomic E-state index is -3.41. The van der Waals surface area contributed by atoms with Crippen molar-refractivity contribution in [2.45, 2.75) is 13.8 Å². The van der Waals surface area contributed by atoms with Crippen molar-refractivity contribution in [3.63, 3.8) is 0 Å². The summed E-state index contributed by atoms with van der Waals surface area (Å²) in [6.07, 6.45) is 0. The molecular formula is C8H16N2O3S. The summed E-state index contributed by atoms with van der Waals surface area (Å²) in [7, 11) is -3.41. The molecular weight excluding hydrogens is 204 g/mol. The third-order valence-corrected chi connectivity index (χ3v) is 3.76. The standard InChI is InChI=1S/C8H16N2O3S/c1-3-14(12,13)10-8(11)7-5-9-4-6(7)2/h6-7,9H,3-5H2,1-2H3,(H,10,11). The molecule has 1 saturated heterocycles. The van der Waals surface area contributed by atoms with Crippen molar-refractivity contribution in [2.24, 2.45) is 11.8 Å². The Morgan fingerprint density at radius 1 is 1.50 bits per heavy atom. The van der Waals surface area contributed by atoms with Crippen LogP contribution in [0.3, 0.4) is 0 Å². The number of carbonyl (C=O) groups excluding carboxylic acids is 1. The number of hydrogen-bond acceptors (Lipinski definition) is 4. The minimum Gasteiger partial charge on any atom is -0.316 e. The fourth-order valence-electron chi connectivity index (χ4n) is 1.46. The second kappa shape index (κ2) is 4.27. The van der Waals surface area contributed by atoms with E-state index < -0.39 is 10.0 Å². The lowest BCUT2D eigenvalue weighted by Crippen LogP contribution is -2.39. The SMILES string of the molecule is CCS(=O)(=O)NC(=O)C1CNCC1C. The normalized spacial score (nSPS) is 27.6. The fraction of sp³-hybridized carbons (Fsp3) is 0.875. The van der Waals surface area contributed by atoms with Crippen LogP contribution in [0.25, 0.3) is 0 Å². The van der Waals surface area contributed by atoms with E-state index in [0.717, 1.165) is 6.54 Å². The van der Waals surface area contributed by atoms with E-state index in [-0.39, 0.29) is 23.5 Å². The maximum Gasteiger partial charge on any atom is 0.238 e. The van der Waals surface area contributed by atoms with Gasteiger partial charge in [0.25, 0.3) is 0 Å². The van der Waals surface area contributed by atoms with Gasteiger partial charge in [0.2, 0.25) is 15.9 Å². The van der Waals surface area contributed by atoms with E-state index in [9.17, 15) is 13.2 Å². The quantitative estimate of drug-likeness (QED) is 0.660. The van der Waals surface area contributed by atoms with Crippen LogP contribution in [0.15, 0.2) is 0 Å². The second-order valence-electron chi connectivity index (χ2n) is 3.61. The van der Waals surface area contributed by atoms with Crippen LogP contribution in [0.4, 0.5) is 0 Å². The Balaban J connectivity index is 2.58. The first-order valence-corrected chi connectivity index (χ1v) is 6.36. The molecule has 0 aromatic carbocycles. The van der Waals surface area contributed by atoms with Crippen LogP contribution >= 0.6 is 0 Å². The Morgan fingerprint density at radius 3 is 2.57 bits per heavy atom. The molecule has 82 valence electrons. The zero-order valence-electron chi connectivity index (χ0n) is 8.41. The third-order valence-electron chi connectivity index (χ3n) is 2.49. The maximum atomic E-state index is 11.5. The summed E-state index contributed by atoms with van der Waals surface area (Å²) < 4.78 is 24.3. The molecule has 1 heterocycles. The highest BCUT2D eigenvalue weighted by atomic mass is 32.2. The van der Waals surface area contributed by atoms with Crippen molar-refractivity contribution in [3.8, 4) is 0 Å². The summed E-state index contributed by atoms with van der Waals surface area (Å²) in [6.45, 7) is 4.77. The molecule has 6 heteroatoms. The molecule has 0 aromatic rings. The molecule has 2 atom stereocenters. The first kappa shape index (κ1) is 11.5. The first-order valence-electron chi connectivity index (χ1n) is 4.71. The average molecular weight is 220 g/mol. The zero-order chi connectivity index (χ0) is 10.8. The lowest BCUT2D eigenvalue weighted by molar-refractivity contribution is -0.123. The highest BCUT2D eigenvalue weighted by molar-refractivity contribution is 7.90. The largest absolute Gasteiger partial charge is 0.316 e. The van der Waals surface area contributed by atoms with Gasteiger partial charge < -0.3 is 5.32 Å². The Labute approximate surface area is 84.3 Å². The summed E-state index contributed by atoms with van der Waals surface area (Å²) in [4.78, 5) is 11.5. The molecule has 1 aliphatic heterocycles. The predicted octanol–water partition coefficient (Wildman–Crippen LogP) is -0.692. The van der Waals surface area contributed by atoms with Crippen molar-refractivity contribution >= 4 is 15.9 Å². The van der Waals surface area contributed by atoms with E-state index in [1.165, 1.54) is 6.92 Å². The van der Waals surface area contributed by atoms with Crippen LogP contribution in [0.2, 0.25) is 0 Å². The highest BCUT2D eigenvalue weighted by Crippen LogP contribution is 2.15. The Kier molecular flexibility index (Phi) is 3.49. The van der Waals surface area contributed by atoms with Gasteiger partial charge in [0, 0.05) is 6.54 Å². The molecule has 14 heavy (non-hydrogen) atoms. The number of nitrogens with one attached hydrogen (secondary N) is 2. The van der Waals surface area contributed by atoms with Crippen LogP contribution in [-0.2, 0) is 14.8 Å². The van der Waals surface area contributed by atoms with Crippen molar-refractivity contribution in [1.29, 1.82) is 0 Å². The molecule has 1 amide bonds.